The summed E-state index contributed by atoms with van der Waals surface area (Å²) in [6.07, 6.45) is 4.35. The van der Waals surface area contributed by atoms with Crippen molar-refractivity contribution in [3.8, 4) is 0 Å². The van der Waals surface area contributed by atoms with Crippen molar-refractivity contribution in [2.45, 2.75) is 52.1 Å². The molecule has 1 atom stereocenters. The highest BCUT2D eigenvalue weighted by Gasteiger charge is 2.34. The number of benzene rings is 1. The van der Waals surface area contributed by atoms with Crippen molar-refractivity contribution in [2.24, 2.45) is 0 Å². The van der Waals surface area contributed by atoms with E-state index in [0.29, 0.717) is 30.5 Å². The normalized spacial score (nSPS) is 14.3. The molecule has 1 aliphatic rings. The van der Waals surface area contributed by atoms with Crippen molar-refractivity contribution in [2.75, 3.05) is 6.54 Å². The molecule has 2 heterocycles. The summed E-state index contributed by atoms with van der Waals surface area (Å²) in [5.74, 6) is -0.448. The van der Waals surface area contributed by atoms with Gasteiger partial charge in [-0.15, -0.1) is 0 Å². The third kappa shape index (κ3) is 4.13. The second-order valence-corrected chi connectivity index (χ2v) is 6.98. The molecule has 0 bridgehead atoms. The maximum absolute atomic E-state index is 12.3. The van der Waals surface area contributed by atoms with E-state index in [0.717, 1.165) is 25.1 Å². The Morgan fingerprint density at radius 3 is 2.39 bits per heavy atom. The van der Waals surface area contributed by atoms with Crippen LogP contribution in [0.5, 0.6) is 0 Å². The van der Waals surface area contributed by atoms with E-state index in [4.69, 9.17) is 0 Å². The van der Waals surface area contributed by atoms with Crippen LogP contribution < -0.4 is 5.32 Å². The zero-order valence-electron chi connectivity index (χ0n) is 16.4. The van der Waals surface area contributed by atoms with E-state index in [9.17, 15) is 14.4 Å². The number of imide groups is 1. The molecule has 7 heteroatoms. The lowest BCUT2D eigenvalue weighted by Crippen LogP contribution is -2.30. The molecule has 148 valence electrons. The number of carbonyl (C=O) groups is 3. The number of nitrogens with one attached hydrogen (secondary N) is 1. The molecule has 3 rings (SSSR count). The Kier molecular flexibility index (Phi) is 6.23. The monoisotopic (exact) mass is 382 g/mol. The van der Waals surface area contributed by atoms with Gasteiger partial charge in [0.15, 0.2) is 0 Å². The Bertz CT molecular complexity index is 839. The Morgan fingerprint density at radius 1 is 1.07 bits per heavy atom. The Hall–Kier alpha value is -2.96. The molecule has 1 N–H and O–H groups in total. The fourth-order valence-corrected chi connectivity index (χ4v) is 3.54. The number of carbonyl (C=O) groups excluding carboxylic acids is 3. The quantitative estimate of drug-likeness (QED) is 0.534. The van der Waals surface area contributed by atoms with Crippen LogP contribution in [0.1, 0.15) is 72.0 Å². The molecule has 0 aliphatic carbocycles. The van der Waals surface area contributed by atoms with Crippen LogP contribution in [0.2, 0.25) is 0 Å². The minimum absolute atomic E-state index is 0.00270. The van der Waals surface area contributed by atoms with Crippen molar-refractivity contribution in [1.82, 2.24) is 20.0 Å². The van der Waals surface area contributed by atoms with E-state index in [1.165, 1.54) is 4.90 Å². The van der Waals surface area contributed by atoms with Gasteiger partial charge in [-0.3, -0.25) is 24.0 Å². The zero-order chi connectivity index (χ0) is 20.1. The van der Waals surface area contributed by atoms with Gasteiger partial charge in [0.2, 0.25) is 5.91 Å². The van der Waals surface area contributed by atoms with Crippen LogP contribution in [0, 0.1) is 0 Å². The van der Waals surface area contributed by atoms with Crippen LogP contribution in [0.3, 0.4) is 0 Å². The number of aromatic nitrogens is 2. The summed E-state index contributed by atoms with van der Waals surface area (Å²) in [4.78, 5) is 38.1. The average Bonchev–Trinajstić information content (AvgIpc) is 3.26. The third-order valence-corrected chi connectivity index (χ3v) is 5.03. The number of unbranched alkanes of at least 4 members (excludes halogenated alkanes) is 2. The summed E-state index contributed by atoms with van der Waals surface area (Å²) in [6, 6.07) is 8.72. The van der Waals surface area contributed by atoms with Crippen LogP contribution in [0.15, 0.2) is 36.5 Å². The molecule has 1 aliphatic heterocycles. The van der Waals surface area contributed by atoms with Gasteiger partial charge < -0.3 is 5.32 Å². The molecule has 1 aromatic carbocycles. The fraction of sp³-hybridized carbons (Fsp3) is 0.429. The van der Waals surface area contributed by atoms with Gasteiger partial charge in [0.25, 0.3) is 11.8 Å². The van der Waals surface area contributed by atoms with E-state index in [1.807, 2.05) is 24.6 Å². The molecular formula is C21H26N4O3. The zero-order valence-corrected chi connectivity index (χ0v) is 16.4. The van der Waals surface area contributed by atoms with Crippen molar-refractivity contribution >= 4 is 17.7 Å². The molecule has 1 aromatic heterocycles. The Balaban J connectivity index is 1.38. The molecule has 0 radical (unpaired) electrons. The number of amides is 3. The molecule has 0 spiro atoms. The minimum atomic E-state index is -0.222. The van der Waals surface area contributed by atoms with Gasteiger partial charge in [0, 0.05) is 25.7 Å². The van der Waals surface area contributed by atoms with Crippen molar-refractivity contribution < 1.29 is 14.4 Å². The standard InChI is InChI=1S/C21H26N4O3/c1-3-25-18(12-13-22-25)15(2)23-19(26)11-5-4-8-14-24-20(27)16-9-6-7-10-17(16)21(24)28/h6-7,9-10,12-13,15H,3-5,8,11,14H2,1-2H3,(H,23,26). The van der Waals surface area contributed by atoms with Crippen LogP contribution in [0.4, 0.5) is 0 Å². The summed E-state index contributed by atoms with van der Waals surface area (Å²) >= 11 is 0. The van der Waals surface area contributed by atoms with Crippen LogP contribution in [-0.2, 0) is 11.3 Å². The average molecular weight is 382 g/mol. The Morgan fingerprint density at radius 2 is 1.75 bits per heavy atom. The topological polar surface area (TPSA) is 84.3 Å². The summed E-state index contributed by atoms with van der Waals surface area (Å²) in [5.41, 5.74) is 1.95. The van der Waals surface area contributed by atoms with Crippen molar-refractivity contribution in [3.05, 3.63) is 53.3 Å². The molecule has 0 saturated carbocycles. The third-order valence-electron chi connectivity index (χ3n) is 5.03. The molecule has 7 nitrogen and oxygen atoms in total. The van der Waals surface area contributed by atoms with E-state index < -0.39 is 0 Å². The molecular weight excluding hydrogens is 356 g/mol. The van der Waals surface area contributed by atoms with Gasteiger partial charge in [-0.05, 0) is 44.9 Å². The van der Waals surface area contributed by atoms with Gasteiger partial charge in [0.1, 0.15) is 0 Å². The first-order chi connectivity index (χ1) is 13.5. The SMILES string of the molecule is CCn1nccc1C(C)NC(=O)CCCCCN1C(=O)c2ccccc2C1=O. The van der Waals surface area contributed by atoms with E-state index in [2.05, 4.69) is 10.4 Å². The smallest absolute Gasteiger partial charge is 0.261 e. The van der Waals surface area contributed by atoms with Gasteiger partial charge in [0.05, 0.1) is 22.9 Å². The minimum Gasteiger partial charge on any atom is -0.348 e. The predicted octanol–water partition coefficient (Wildman–Crippen LogP) is 2.94. The summed E-state index contributed by atoms with van der Waals surface area (Å²) in [6.45, 7) is 5.11. The molecule has 28 heavy (non-hydrogen) atoms. The van der Waals surface area contributed by atoms with Gasteiger partial charge in [-0.2, -0.15) is 5.10 Å². The Labute approximate surface area is 164 Å². The summed E-state index contributed by atoms with van der Waals surface area (Å²) < 4.78 is 1.87. The lowest BCUT2D eigenvalue weighted by molar-refractivity contribution is -0.121. The van der Waals surface area contributed by atoms with E-state index in [1.54, 1.807) is 30.5 Å². The number of aryl methyl sites for hydroxylation is 1. The largest absolute Gasteiger partial charge is 0.348 e. The highest BCUT2D eigenvalue weighted by molar-refractivity contribution is 6.21. The van der Waals surface area contributed by atoms with Crippen molar-refractivity contribution in [1.29, 1.82) is 0 Å². The van der Waals surface area contributed by atoms with Crippen LogP contribution >= 0.6 is 0 Å². The van der Waals surface area contributed by atoms with Gasteiger partial charge >= 0.3 is 0 Å². The first-order valence-corrected chi connectivity index (χ1v) is 9.79. The first kappa shape index (κ1) is 19.8. The fourth-order valence-electron chi connectivity index (χ4n) is 3.54. The molecule has 0 fully saturated rings. The lowest BCUT2D eigenvalue weighted by atomic mass is 10.1. The number of fused-ring (bicyclic) bond motifs is 1. The number of hydrogen-bond acceptors (Lipinski definition) is 4. The van der Waals surface area contributed by atoms with Crippen molar-refractivity contribution in [3.63, 3.8) is 0 Å². The van der Waals surface area contributed by atoms with Gasteiger partial charge in [-0.1, -0.05) is 18.6 Å². The first-order valence-electron chi connectivity index (χ1n) is 9.79. The van der Waals surface area contributed by atoms with E-state index in [-0.39, 0.29) is 23.8 Å². The highest BCUT2D eigenvalue weighted by atomic mass is 16.2. The summed E-state index contributed by atoms with van der Waals surface area (Å²) in [5, 5.41) is 7.22. The molecule has 2 aromatic rings. The maximum Gasteiger partial charge on any atom is 0.261 e. The van der Waals surface area contributed by atoms with Crippen LogP contribution in [0.25, 0.3) is 0 Å². The molecule has 1 unspecified atom stereocenters. The van der Waals surface area contributed by atoms with Crippen LogP contribution in [-0.4, -0.2) is 38.9 Å². The molecule has 3 amide bonds. The second-order valence-electron chi connectivity index (χ2n) is 6.98. The lowest BCUT2D eigenvalue weighted by Gasteiger charge is -2.16. The summed E-state index contributed by atoms with van der Waals surface area (Å²) in [7, 11) is 0. The number of rotatable bonds is 9. The molecule has 0 saturated heterocycles. The van der Waals surface area contributed by atoms with Gasteiger partial charge in [-0.25, -0.2) is 0 Å². The predicted molar refractivity (Wildman–Crippen MR) is 105 cm³/mol. The maximum atomic E-state index is 12.3. The van der Waals surface area contributed by atoms with E-state index >= 15 is 0 Å². The number of hydrogen-bond donors (Lipinski definition) is 1. The second kappa shape index (κ2) is 8.82. The highest BCUT2D eigenvalue weighted by Crippen LogP contribution is 2.22. The number of nitrogens with zero attached hydrogens (tertiary/aromatic N) is 3.